The molecule has 0 bridgehead atoms. The number of rotatable bonds is 2. The summed E-state index contributed by atoms with van der Waals surface area (Å²) in [6.45, 7) is 4.35. The number of carboxylic acids is 1. The van der Waals surface area contributed by atoms with Crippen LogP contribution in [0.15, 0.2) is 23.4 Å². The van der Waals surface area contributed by atoms with E-state index in [4.69, 9.17) is 4.84 Å². The zero-order valence-electron chi connectivity index (χ0n) is 12.4. The molecule has 2 N–H and O–H groups in total. The summed E-state index contributed by atoms with van der Waals surface area (Å²) < 4.78 is 0. The molecule has 2 aromatic rings. The van der Waals surface area contributed by atoms with E-state index in [1.165, 1.54) is 7.11 Å². The molecule has 0 radical (unpaired) electrons. The quantitative estimate of drug-likeness (QED) is 0.832. The van der Waals surface area contributed by atoms with Gasteiger partial charge in [-0.15, -0.1) is 0 Å². The third kappa shape index (κ3) is 2.09. The number of aromatic amines is 1. The first-order valence-corrected chi connectivity index (χ1v) is 6.94. The van der Waals surface area contributed by atoms with Crippen LogP contribution in [-0.4, -0.2) is 28.9 Å². The molecule has 3 rings (SSSR count). The lowest BCUT2D eigenvalue weighted by Gasteiger charge is -2.30. The van der Waals surface area contributed by atoms with Crippen molar-refractivity contribution >= 4 is 22.6 Å². The SMILES string of the molecule is CO/N=C1/CCC(C)(C)c2c1[nH]c1ccc(C(=O)O)cc21. The lowest BCUT2D eigenvalue weighted by atomic mass is 9.73. The number of nitrogens with zero attached hydrogens (tertiary/aromatic N) is 1. The van der Waals surface area contributed by atoms with Crippen LogP contribution in [0.25, 0.3) is 10.9 Å². The highest BCUT2D eigenvalue weighted by atomic mass is 16.6. The molecule has 1 aromatic heterocycles. The van der Waals surface area contributed by atoms with E-state index in [0.717, 1.165) is 40.7 Å². The van der Waals surface area contributed by atoms with Gasteiger partial charge in [-0.05, 0) is 42.0 Å². The third-order valence-corrected chi connectivity index (χ3v) is 4.20. The van der Waals surface area contributed by atoms with Gasteiger partial charge in [0.1, 0.15) is 12.8 Å². The second kappa shape index (κ2) is 4.62. The molecule has 0 fully saturated rings. The molecule has 21 heavy (non-hydrogen) atoms. The Morgan fingerprint density at radius 3 is 2.86 bits per heavy atom. The molecule has 5 nitrogen and oxygen atoms in total. The van der Waals surface area contributed by atoms with Crippen molar-refractivity contribution in [1.82, 2.24) is 4.98 Å². The molecule has 0 saturated carbocycles. The number of hydrogen-bond acceptors (Lipinski definition) is 3. The van der Waals surface area contributed by atoms with Gasteiger partial charge in [0.2, 0.25) is 0 Å². The number of aromatic carboxylic acids is 1. The molecule has 0 spiro atoms. The Morgan fingerprint density at radius 1 is 1.43 bits per heavy atom. The average molecular weight is 286 g/mol. The lowest BCUT2D eigenvalue weighted by Crippen LogP contribution is -2.27. The van der Waals surface area contributed by atoms with Crippen LogP contribution >= 0.6 is 0 Å². The van der Waals surface area contributed by atoms with Crippen molar-refractivity contribution in [2.24, 2.45) is 5.16 Å². The number of fused-ring (bicyclic) bond motifs is 3. The zero-order valence-corrected chi connectivity index (χ0v) is 12.4. The Bertz CT molecular complexity index is 756. The van der Waals surface area contributed by atoms with Gasteiger partial charge in [0.15, 0.2) is 0 Å². The molecule has 1 aliphatic carbocycles. The van der Waals surface area contributed by atoms with Gasteiger partial charge >= 0.3 is 5.97 Å². The van der Waals surface area contributed by atoms with Gasteiger partial charge < -0.3 is 14.9 Å². The largest absolute Gasteiger partial charge is 0.478 e. The third-order valence-electron chi connectivity index (χ3n) is 4.20. The summed E-state index contributed by atoms with van der Waals surface area (Å²) in [6.07, 6.45) is 1.79. The number of carbonyl (C=O) groups is 1. The zero-order chi connectivity index (χ0) is 15.2. The highest BCUT2D eigenvalue weighted by Gasteiger charge is 2.34. The van der Waals surface area contributed by atoms with Crippen LogP contribution in [0.1, 0.15) is 48.3 Å². The topological polar surface area (TPSA) is 74.7 Å². The van der Waals surface area contributed by atoms with E-state index >= 15 is 0 Å². The molecule has 5 heteroatoms. The minimum absolute atomic E-state index is 0.0303. The Kier molecular flexibility index (Phi) is 3.01. The van der Waals surface area contributed by atoms with Crippen molar-refractivity contribution in [2.45, 2.75) is 32.1 Å². The van der Waals surface area contributed by atoms with Crippen LogP contribution in [0.2, 0.25) is 0 Å². The van der Waals surface area contributed by atoms with Gasteiger partial charge in [0, 0.05) is 10.9 Å². The number of aromatic nitrogens is 1. The first-order chi connectivity index (χ1) is 9.94. The first kappa shape index (κ1) is 13.7. The summed E-state index contributed by atoms with van der Waals surface area (Å²) in [5.74, 6) is -0.911. The summed E-state index contributed by atoms with van der Waals surface area (Å²) in [5, 5.41) is 14.3. The van der Waals surface area contributed by atoms with Crippen LogP contribution in [0.3, 0.4) is 0 Å². The second-order valence-corrected chi connectivity index (χ2v) is 6.04. The normalized spacial score (nSPS) is 18.7. The van der Waals surface area contributed by atoms with E-state index in [1.807, 2.05) is 6.07 Å². The summed E-state index contributed by atoms with van der Waals surface area (Å²) in [7, 11) is 1.54. The van der Waals surface area contributed by atoms with E-state index in [2.05, 4.69) is 24.0 Å². The minimum Gasteiger partial charge on any atom is -0.478 e. The molecule has 0 amide bonds. The maximum absolute atomic E-state index is 11.2. The highest BCUT2D eigenvalue weighted by Crippen LogP contribution is 2.41. The minimum atomic E-state index is -0.911. The molecule has 0 unspecified atom stereocenters. The average Bonchev–Trinajstić information content (AvgIpc) is 2.82. The lowest BCUT2D eigenvalue weighted by molar-refractivity contribution is 0.0697. The van der Waals surface area contributed by atoms with Crippen LogP contribution in [0, 0.1) is 0 Å². The smallest absolute Gasteiger partial charge is 0.335 e. The predicted octanol–water partition coefficient (Wildman–Crippen LogP) is 3.29. The summed E-state index contributed by atoms with van der Waals surface area (Å²) in [5.41, 5.74) is 4.19. The maximum atomic E-state index is 11.2. The van der Waals surface area contributed by atoms with Crippen LogP contribution in [0.5, 0.6) is 0 Å². The Labute approximate surface area is 122 Å². The van der Waals surface area contributed by atoms with Crippen molar-refractivity contribution in [3.8, 4) is 0 Å². The summed E-state index contributed by atoms with van der Waals surface area (Å²) >= 11 is 0. The van der Waals surface area contributed by atoms with E-state index in [0.29, 0.717) is 5.56 Å². The van der Waals surface area contributed by atoms with Gasteiger partial charge in [-0.3, -0.25) is 0 Å². The van der Waals surface area contributed by atoms with E-state index in [9.17, 15) is 9.90 Å². The van der Waals surface area contributed by atoms with Crippen molar-refractivity contribution < 1.29 is 14.7 Å². The second-order valence-electron chi connectivity index (χ2n) is 6.04. The number of carboxylic acid groups (broad SMARTS) is 1. The van der Waals surface area contributed by atoms with Crippen LogP contribution < -0.4 is 0 Å². The fourth-order valence-electron chi connectivity index (χ4n) is 3.13. The number of nitrogens with one attached hydrogen (secondary N) is 1. The fourth-order valence-corrected chi connectivity index (χ4v) is 3.13. The number of benzene rings is 1. The van der Waals surface area contributed by atoms with Crippen molar-refractivity contribution in [3.63, 3.8) is 0 Å². The molecular formula is C16H18N2O3. The Morgan fingerprint density at radius 2 is 2.19 bits per heavy atom. The molecule has 0 aliphatic heterocycles. The summed E-state index contributed by atoms with van der Waals surface area (Å²) in [4.78, 5) is 19.5. The van der Waals surface area contributed by atoms with E-state index < -0.39 is 5.97 Å². The molecule has 1 aliphatic rings. The van der Waals surface area contributed by atoms with Gasteiger partial charge in [0.25, 0.3) is 0 Å². The molecule has 0 saturated heterocycles. The Balaban J connectivity index is 2.32. The van der Waals surface area contributed by atoms with Crippen molar-refractivity contribution in [1.29, 1.82) is 0 Å². The van der Waals surface area contributed by atoms with Crippen molar-refractivity contribution in [3.05, 3.63) is 35.0 Å². The van der Waals surface area contributed by atoms with E-state index in [-0.39, 0.29) is 5.41 Å². The van der Waals surface area contributed by atoms with Crippen LogP contribution in [-0.2, 0) is 10.3 Å². The first-order valence-electron chi connectivity index (χ1n) is 6.94. The molecule has 0 atom stereocenters. The Hall–Kier alpha value is -2.30. The molecular weight excluding hydrogens is 268 g/mol. The molecule has 110 valence electrons. The predicted molar refractivity (Wildman–Crippen MR) is 81.1 cm³/mol. The van der Waals surface area contributed by atoms with Crippen molar-refractivity contribution in [2.75, 3.05) is 7.11 Å². The summed E-state index contributed by atoms with van der Waals surface area (Å²) in [6, 6.07) is 5.18. The highest BCUT2D eigenvalue weighted by molar-refractivity contribution is 6.08. The maximum Gasteiger partial charge on any atom is 0.335 e. The fraction of sp³-hybridized carbons (Fsp3) is 0.375. The van der Waals surface area contributed by atoms with E-state index in [1.54, 1.807) is 12.1 Å². The molecule has 1 heterocycles. The molecule has 1 aromatic carbocycles. The van der Waals surface area contributed by atoms with Crippen LogP contribution in [0.4, 0.5) is 0 Å². The number of hydrogen-bond donors (Lipinski definition) is 2. The number of oxime groups is 1. The van der Waals surface area contributed by atoms with Gasteiger partial charge in [-0.1, -0.05) is 19.0 Å². The van der Waals surface area contributed by atoms with Gasteiger partial charge in [0.05, 0.1) is 11.3 Å². The number of H-pyrrole nitrogens is 1. The monoisotopic (exact) mass is 286 g/mol. The van der Waals surface area contributed by atoms with Gasteiger partial charge in [-0.25, -0.2) is 4.79 Å². The van der Waals surface area contributed by atoms with Gasteiger partial charge in [-0.2, -0.15) is 0 Å². The standard InChI is InChI=1S/C16H18N2O3/c1-16(2)7-6-12(18-21-3)14-13(16)10-8-9(15(19)20)4-5-11(10)17-14/h4-5,8,17H,6-7H2,1-3H3,(H,19,20)/b18-12-.